The summed E-state index contributed by atoms with van der Waals surface area (Å²) in [5.41, 5.74) is 3.30. The highest BCUT2D eigenvalue weighted by Gasteiger charge is 2.23. The number of carbonyl (C=O) groups excluding carboxylic acids is 1. The van der Waals surface area contributed by atoms with Crippen molar-refractivity contribution in [3.05, 3.63) is 70.3 Å². The van der Waals surface area contributed by atoms with E-state index in [0.717, 1.165) is 11.1 Å². The molecule has 2 aromatic rings. The molecule has 3 rings (SSSR count). The number of rotatable bonds is 1. The molecule has 0 atom stereocenters. The fraction of sp³-hybridized carbons (Fsp3) is 0.0667. The fourth-order valence-corrected chi connectivity index (χ4v) is 2.34. The van der Waals surface area contributed by atoms with Crippen LogP contribution in [0.1, 0.15) is 37.4 Å². The Morgan fingerprint density at radius 2 is 1.72 bits per heavy atom. The summed E-state index contributed by atoms with van der Waals surface area (Å²) in [6.07, 6.45) is 0.609. The lowest BCUT2D eigenvalue weighted by Gasteiger charge is -2.18. The van der Waals surface area contributed by atoms with Gasteiger partial charge >= 0.3 is 5.97 Å². The van der Waals surface area contributed by atoms with Crippen LogP contribution in [0.25, 0.3) is 0 Å². The molecule has 3 nitrogen and oxygen atoms in total. The Morgan fingerprint density at radius 3 is 2.50 bits per heavy atom. The van der Waals surface area contributed by atoms with Gasteiger partial charge in [0, 0.05) is 11.1 Å². The molecule has 1 aliphatic rings. The molecule has 0 saturated carbocycles. The quantitative estimate of drug-likeness (QED) is 0.708. The molecule has 0 aliphatic heterocycles. The van der Waals surface area contributed by atoms with Gasteiger partial charge in [-0.2, -0.15) is 0 Å². The molecular formula is C15H10O3. The van der Waals surface area contributed by atoms with E-state index in [1.807, 2.05) is 24.3 Å². The first-order valence-corrected chi connectivity index (χ1v) is 5.65. The maximum absolute atomic E-state index is 12.2. The first-order valence-electron chi connectivity index (χ1n) is 5.65. The zero-order chi connectivity index (χ0) is 12.7. The van der Waals surface area contributed by atoms with Crippen LogP contribution in [0.5, 0.6) is 0 Å². The zero-order valence-electron chi connectivity index (χ0n) is 9.51. The van der Waals surface area contributed by atoms with Crippen molar-refractivity contribution in [2.75, 3.05) is 0 Å². The molecule has 2 aromatic carbocycles. The highest BCUT2D eigenvalue weighted by molar-refractivity contribution is 6.12. The minimum absolute atomic E-state index is 0.0243. The predicted molar refractivity (Wildman–Crippen MR) is 66.1 cm³/mol. The summed E-state index contributed by atoms with van der Waals surface area (Å²) >= 11 is 0. The predicted octanol–water partition coefficient (Wildman–Crippen LogP) is 2.52. The van der Waals surface area contributed by atoms with E-state index in [1.165, 1.54) is 6.07 Å². The Bertz CT molecular complexity index is 671. The van der Waals surface area contributed by atoms with E-state index >= 15 is 0 Å². The largest absolute Gasteiger partial charge is 0.478 e. The third-order valence-electron chi connectivity index (χ3n) is 3.24. The van der Waals surface area contributed by atoms with Gasteiger partial charge in [-0.1, -0.05) is 24.3 Å². The molecule has 3 heteroatoms. The van der Waals surface area contributed by atoms with Gasteiger partial charge in [0.25, 0.3) is 0 Å². The average molecular weight is 238 g/mol. The lowest BCUT2D eigenvalue weighted by molar-refractivity contribution is 0.0696. The summed E-state index contributed by atoms with van der Waals surface area (Å²) in [4.78, 5) is 23.2. The number of ketones is 1. The van der Waals surface area contributed by atoms with Crippen LogP contribution in [0.2, 0.25) is 0 Å². The van der Waals surface area contributed by atoms with Gasteiger partial charge in [0.2, 0.25) is 0 Å². The second-order valence-corrected chi connectivity index (χ2v) is 4.34. The van der Waals surface area contributed by atoms with Crippen LogP contribution < -0.4 is 0 Å². The third-order valence-corrected chi connectivity index (χ3v) is 3.24. The van der Waals surface area contributed by atoms with Crippen molar-refractivity contribution in [1.29, 1.82) is 0 Å². The molecule has 0 heterocycles. The topological polar surface area (TPSA) is 54.4 Å². The number of hydrogen-bond acceptors (Lipinski definition) is 2. The minimum atomic E-state index is -0.968. The molecule has 0 radical (unpaired) electrons. The molecule has 0 saturated heterocycles. The number of carbonyl (C=O) groups is 2. The summed E-state index contributed by atoms with van der Waals surface area (Å²) in [6.45, 7) is 0. The SMILES string of the molecule is O=C(O)c1ccc2c(c1)Cc1ccccc1C2=O. The van der Waals surface area contributed by atoms with Gasteiger partial charge in [-0.15, -0.1) is 0 Å². The van der Waals surface area contributed by atoms with Crippen molar-refractivity contribution >= 4 is 11.8 Å². The zero-order valence-corrected chi connectivity index (χ0v) is 9.51. The molecule has 1 N–H and O–H groups in total. The standard InChI is InChI=1S/C15H10O3/c16-14-12-4-2-1-3-9(12)7-11-8-10(15(17)18)5-6-13(11)14/h1-6,8H,7H2,(H,17,18). The molecule has 0 fully saturated rings. The smallest absolute Gasteiger partial charge is 0.335 e. The number of aromatic carboxylic acids is 1. The number of fused-ring (bicyclic) bond motifs is 2. The van der Waals surface area contributed by atoms with Gasteiger partial charge in [0.15, 0.2) is 5.78 Å². The molecule has 0 bridgehead atoms. The van der Waals surface area contributed by atoms with Gasteiger partial charge in [-0.05, 0) is 35.7 Å². The van der Waals surface area contributed by atoms with Crippen LogP contribution in [-0.2, 0) is 6.42 Å². The van der Waals surface area contributed by atoms with Crippen molar-refractivity contribution in [3.63, 3.8) is 0 Å². The van der Waals surface area contributed by atoms with E-state index in [1.54, 1.807) is 12.1 Å². The molecular weight excluding hydrogens is 228 g/mol. The van der Waals surface area contributed by atoms with Gasteiger partial charge < -0.3 is 5.11 Å². The van der Waals surface area contributed by atoms with Gasteiger partial charge in [-0.25, -0.2) is 4.79 Å². The number of carboxylic acids is 1. The van der Waals surface area contributed by atoms with Gasteiger partial charge in [0.1, 0.15) is 0 Å². The summed E-state index contributed by atoms with van der Waals surface area (Å²) < 4.78 is 0. The first kappa shape index (κ1) is 10.7. The summed E-state index contributed by atoms with van der Waals surface area (Å²) in [7, 11) is 0. The third kappa shape index (κ3) is 1.52. The monoisotopic (exact) mass is 238 g/mol. The van der Waals surface area contributed by atoms with Crippen LogP contribution in [0, 0.1) is 0 Å². The number of hydrogen-bond donors (Lipinski definition) is 1. The van der Waals surface area contributed by atoms with Gasteiger partial charge in [0.05, 0.1) is 5.56 Å². The normalized spacial score (nSPS) is 12.8. The van der Waals surface area contributed by atoms with Crippen molar-refractivity contribution in [3.8, 4) is 0 Å². The molecule has 1 aliphatic carbocycles. The summed E-state index contributed by atoms with van der Waals surface area (Å²) in [6, 6.07) is 12.1. The van der Waals surface area contributed by atoms with E-state index in [9.17, 15) is 9.59 Å². The van der Waals surface area contributed by atoms with Crippen LogP contribution in [0.15, 0.2) is 42.5 Å². The van der Waals surface area contributed by atoms with Crippen LogP contribution in [0.3, 0.4) is 0 Å². The lowest BCUT2D eigenvalue weighted by Crippen LogP contribution is -2.15. The Hall–Kier alpha value is -2.42. The number of carboxylic acid groups (broad SMARTS) is 1. The molecule has 0 spiro atoms. The molecule has 0 aromatic heterocycles. The fourth-order valence-electron chi connectivity index (χ4n) is 2.34. The maximum Gasteiger partial charge on any atom is 0.335 e. The number of benzene rings is 2. The lowest BCUT2D eigenvalue weighted by atomic mass is 9.84. The van der Waals surface area contributed by atoms with Crippen LogP contribution in [-0.4, -0.2) is 16.9 Å². The second kappa shape index (κ2) is 3.81. The minimum Gasteiger partial charge on any atom is -0.478 e. The highest BCUT2D eigenvalue weighted by atomic mass is 16.4. The summed E-state index contributed by atoms with van der Waals surface area (Å²) in [5, 5.41) is 8.96. The molecule has 18 heavy (non-hydrogen) atoms. The Balaban J connectivity index is 2.16. The molecule has 0 amide bonds. The van der Waals surface area contributed by atoms with E-state index in [2.05, 4.69) is 0 Å². The summed E-state index contributed by atoms with van der Waals surface area (Å²) in [5.74, 6) is -0.993. The van der Waals surface area contributed by atoms with Crippen molar-refractivity contribution in [1.82, 2.24) is 0 Å². The van der Waals surface area contributed by atoms with E-state index in [4.69, 9.17) is 5.11 Å². The van der Waals surface area contributed by atoms with Crippen LogP contribution in [0.4, 0.5) is 0 Å². The van der Waals surface area contributed by atoms with Gasteiger partial charge in [-0.3, -0.25) is 4.79 Å². The van der Waals surface area contributed by atoms with Crippen molar-refractivity contribution in [2.45, 2.75) is 6.42 Å². The molecule has 0 unspecified atom stereocenters. The van der Waals surface area contributed by atoms with Crippen molar-refractivity contribution in [2.24, 2.45) is 0 Å². The Labute approximate surface area is 104 Å². The van der Waals surface area contributed by atoms with E-state index in [-0.39, 0.29) is 11.3 Å². The average Bonchev–Trinajstić information content (AvgIpc) is 2.38. The highest BCUT2D eigenvalue weighted by Crippen LogP contribution is 2.27. The molecule has 88 valence electrons. The first-order chi connectivity index (χ1) is 8.66. The Morgan fingerprint density at radius 1 is 1.00 bits per heavy atom. The maximum atomic E-state index is 12.2. The Kier molecular flexibility index (Phi) is 2.27. The van der Waals surface area contributed by atoms with Crippen LogP contribution >= 0.6 is 0 Å². The van der Waals surface area contributed by atoms with Crippen molar-refractivity contribution < 1.29 is 14.7 Å². The second-order valence-electron chi connectivity index (χ2n) is 4.34. The van der Waals surface area contributed by atoms with E-state index < -0.39 is 5.97 Å². The van der Waals surface area contributed by atoms with E-state index in [0.29, 0.717) is 17.5 Å².